The van der Waals surface area contributed by atoms with Gasteiger partial charge in [0.1, 0.15) is 11.5 Å². The lowest BCUT2D eigenvalue weighted by molar-refractivity contribution is 0.389. The van der Waals surface area contributed by atoms with Gasteiger partial charge in [0.05, 0.1) is 0 Å². The van der Waals surface area contributed by atoms with Crippen LogP contribution in [0.15, 0.2) is 18.2 Å². The van der Waals surface area contributed by atoms with Gasteiger partial charge in [-0.25, -0.2) is 0 Å². The number of phenols is 2. The van der Waals surface area contributed by atoms with Crippen LogP contribution in [0, 0.1) is 5.92 Å². The Bertz CT molecular complexity index is 401. The van der Waals surface area contributed by atoms with E-state index in [9.17, 15) is 10.2 Å². The van der Waals surface area contributed by atoms with Crippen molar-refractivity contribution in [2.75, 3.05) is 0 Å². The number of nitrogens with one attached hydrogen (secondary N) is 1. The van der Waals surface area contributed by atoms with Crippen LogP contribution in [-0.2, 0) is 0 Å². The first-order chi connectivity index (χ1) is 8.60. The minimum absolute atomic E-state index is 0.105. The van der Waals surface area contributed by atoms with E-state index in [2.05, 4.69) is 19.2 Å². The maximum Gasteiger partial charge on any atom is 0.124 e. The van der Waals surface area contributed by atoms with Crippen LogP contribution < -0.4 is 5.32 Å². The van der Waals surface area contributed by atoms with Gasteiger partial charge in [-0.2, -0.15) is 0 Å². The van der Waals surface area contributed by atoms with E-state index in [-0.39, 0.29) is 17.5 Å². The summed E-state index contributed by atoms with van der Waals surface area (Å²) in [5.41, 5.74) is 0.849. The molecule has 2 atom stereocenters. The number of phenolic OH excluding ortho intramolecular Hbond substituents is 2. The molecule has 100 valence electrons. The van der Waals surface area contributed by atoms with Crippen molar-refractivity contribution in [1.29, 1.82) is 0 Å². The van der Waals surface area contributed by atoms with E-state index in [4.69, 9.17) is 0 Å². The fraction of sp³-hybridized carbons (Fsp3) is 0.600. The van der Waals surface area contributed by atoms with E-state index in [0.717, 1.165) is 17.9 Å². The molecule has 3 N–H and O–H groups in total. The number of hydrogen-bond donors (Lipinski definition) is 3. The topological polar surface area (TPSA) is 52.5 Å². The van der Waals surface area contributed by atoms with E-state index in [1.807, 2.05) is 0 Å². The van der Waals surface area contributed by atoms with E-state index >= 15 is 0 Å². The van der Waals surface area contributed by atoms with Gasteiger partial charge in [0.2, 0.25) is 0 Å². The fourth-order valence-corrected chi connectivity index (χ4v) is 2.45. The molecule has 0 amide bonds. The van der Waals surface area contributed by atoms with Gasteiger partial charge in [-0.15, -0.1) is 0 Å². The Morgan fingerprint density at radius 1 is 1.33 bits per heavy atom. The minimum Gasteiger partial charge on any atom is -0.508 e. The Balaban J connectivity index is 1.98. The van der Waals surface area contributed by atoms with Crippen LogP contribution in [-0.4, -0.2) is 16.3 Å². The Labute approximate surface area is 109 Å². The van der Waals surface area contributed by atoms with Crippen LogP contribution >= 0.6 is 0 Å². The van der Waals surface area contributed by atoms with Crippen LogP contribution in [0.25, 0.3) is 0 Å². The summed E-state index contributed by atoms with van der Waals surface area (Å²) in [4.78, 5) is 0. The summed E-state index contributed by atoms with van der Waals surface area (Å²) < 4.78 is 0. The maximum absolute atomic E-state index is 9.84. The molecule has 2 rings (SSSR count). The summed E-state index contributed by atoms with van der Waals surface area (Å²) in [6.45, 7) is 4.26. The predicted octanol–water partition coefficient (Wildman–Crippen LogP) is 3.33. The molecule has 0 radical (unpaired) electrons. The zero-order chi connectivity index (χ0) is 13.1. The zero-order valence-electron chi connectivity index (χ0n) is 11.2. The van der Waals surface area contributed by atoms with Gasteiger partial charge in [0.15, 0.2) is 0 Å². The molecule has 1 aliphatic rings. The van der Waals surface area contributed by atoms with Gasteiger partial charge in [0, 0.05) is 23.7 Å². The molecule has 3 heteroatoms. The van der Waals surface area contributed by atoms with Crippen molar-refractivity contribution in [1.82, 2.24) is 5.32 Å². The van der Waals surface area contributed by atoms with Crippen molar-refractivity contribution in [2.45, 2.75) is 51.6 Å². The first kappa shape index (κ1) is 13.2. The van der Waals surface area contributed by atoms with Crippen molar-refractivity contribution in [3.63, 3.8) is 0 Å². The third-order valence-corrected chi connectivity index (χ3v) is 3.77. The highest BCUT2D eigenvalue weighted by molar-refractivity contribution is 5.40. The highest BCUT2D eigenvalue weighted by Gasteiger charge is 2.25. The average Bonchev–Trinajstić information content (AvgIpc) is 3.11. The first-order valence-electron chi connectivity index (χ1n) is 6.88. The van der Waals surface area contributed by atoms with Crippen LogP contribution in [0.3, 0.4) is 0 Å². The van der Waals surface area contributed by atoms with Gasteiger partial charge in [-0.05, 0) is 31.7 Å². The molecule has 1 aromatic carbocycles. The van der Waals surface area contributed by atoms with Crippen LogP contribution in [0.4, 0.5) is 0 Å². The fourth-order valence-electron chi connectivity index (χ4n) is 2.45. The second-order valence-electron chi connectivity index (χ2n) is 5.42. The van der Waals surface area contributed by atoms with Crippen molar-refractivity contribution in [2.24, 2.45) is 5.92 Å². The number of hydrogen-bond acceptors (Lipinski definition) is 3. The molecule has 0 aromatic heterocycles. The normalized spacial score (nSPS) is 18.6. The van der Waals surface area contributed by atoms with Crippen molar-refractivity contribution < 1.29 is 10.2 Å². The Morgan fingerprint density at radius 2 is 2.06 bits per heavy atom. The van der Waals surface area contributed by atoms with Crippen molar-refractivity contribution >= 4 is 0 Å². The van der Waals surface area contributed by atoms with E-state index in [1.54, 1.807) is 12.1 Å². The molecule has 0 bridgehead atoms. The molecule has 0 heterocycles. The van der Waals surface area contributed by atoms with E-state index < -0.39 is 0 Å². The number of aromatic hydroxyl groups is 2. The van der Waals surface area contributed by atoms with Crippen molar-refractivity contribution in [3.8, 4) is 11.5 Å². The van der Waals surface area contributed by atoms with Gasteiger partial charge in [-0.3, -0.25) is 0 Å². The number of benzene rings is 1. The third-order valence-electron chi connectivity index (χ3n) is 3.77. The highest BCUT2D eigenvalue weighted by atomic mass is 16.3. The lowest BCUT2D eigenvalue weighted by atomic mass is 10.0. The molecular formula is C15H23NO2. The predicted molar refractivity (Wildman–Crippen MR) is 72.7 cm³/mol. The molecule has 0 saturated heterocycles. The molecular weight excluding hydrogens is 226 g/mol. The summed E-state index contributed by atoms with van der Waals surface area (Å²) in [5, 5.41) is 22.7. The Hall–Kier alpha value is -1.22. The van der Waals surface area contributed by atoms with Gasteiger partial charge in [0.25, 0.3) is 0 Å². The Kier molecular flexibility index (Phi) is 4.12. The summed E-state index contributed by atoms with van der Waals surface area (Å²) >= 11 is 0. The molecule has 1 aromatic rings. The number of rotatable bonds is 6. The van der Waals surface area contributed by atoms with E-state index in [0.29, 0.717) is 6.04 Å². The SMILES string of the molecule is CCC(CC1CC1)NC(C)c1ccc(O)cc1O. The lowest BCUT2D eigenvalue weighted by Crippen LogP contribution is -2.31. The second-order valence-corrected chi connectivity index (χ2v) is 5.42. The lowest BCUT2D eigenvalue weighted by Gasteiger charge is -2.23. The second kappa shape index (κ2) is 5.61. The van der Waals surface area contributed by atoms with Gasteiger partial charge < -0.3 is 15.5 Å². The first-order valence-corrected chi connectivity index (χ1v) is 6.88. The molecule has 1 fully saturated rings. The van der Waals surface area contributed by atoms with Crippen LogP contribution in [0.2, 0.25) is 0 Å². The summed E-state index contributed by atoms with van der Waals surface area (Å²) in [6, 6.07) is 5.42. The maximum atomic E-state index is 9.84. The average molecular weight is 249 g/mol. The van der Waals surface area contributed by atoms with Crippen LogP contribution in [0.5, 0.6) is 11.5 Å². The molecule has 1 saturated carbocycles. The molecule has 0 spiro atoms. The quantitative estimate of drug-likeness (QED) is 0.725. The minimum atomic E-state index is 0.105. The Morgan fingerprint density at radius 3 is 2.61 bits per heavy atom. The monoisotopic (exact) mass is 249 g/mol. The largest absolute Gasteiger partial charge is 0.508 e. The third kappa shape index (κ3) is 3.39. The van der Waals surface area contributed by atoms with Gasteiger partial charge in [-0.1, -0.05) is 25.8 Å². The smallest absolute Gasteiger partial charge is 0.124 e. The standard InChI is InChI=1S/C15H23NO2/c1-3-12(8-11-4-5-11)16-10(2)14-7-6-13(17)9-15(14)18/h6-7,9-12,16-18H,3-5,8H2,1-2H3. The highest BCUT2D eigenvalue weighted by Crippen LogP contribution is 2.35. The summed E-state index contributed by atoms with van der Waals surface area (Å²) in [6.07, 6.45) is 5.09. The van der Waals surface area contributed by atoms with Gasteiger partial charge >= 0.3 is 0 Å². The molecule has 3 nitrogen and oxygen atoms in total. The molecule has 2 unspecified atom stereocenters. The molecule has 0 aliphatic heterocycles. The zero-order valence-corrected chi connectivity index (χ0v) is 11.2. The van der Waals surface area contributed by atoms with Crippen molar-refractivity contribution in [3.05, 3.63) is 23.8 Å². The summed E-state index contributed by atoms with van der Waals surface area (Å²) in [7, 11) is 0. The van der Waals surface area contributed by atoms with E-state index in [1.165, 1.54) is 25.3 Å². The summed E-state index contributed by atoms with van der Waals surface area (Å²) in [5.74, 6) is 1.17. The molecule has 18 heavy (non-hydrogen) atoms. The van der Waals surface area contributed by atoms with Crippen LogP contribution in [0.1, 0.15) is 51.1 Å². The molecule has 1 aliphatic carbocycles.